The van der Waals surface area contributed by atoms with Gasteiger partial charge >= 0.3 is 5.97 Å². The van der Waals surface area contributed by atoms with E-state index in [1.165, 1.54) is 12.3 Å². The number of aryl methyl sites for hydroxylation is 1. The molecule has 3 rings (SSSR count). The highest BCUT2D eigenvalue weighted by molar-refractivity contribution is 5.87. The summed E-state index contributed by atoms with van der Waals surface area (Å²) in [7, 11) is 0. The quantitative estimate of drug-likeness (QED) is 0.794. The van der Waals surface area contributed by atoms with Crippen molar-refractivity contribution in [1.82, 2.24) is 4.98 Å². The molecule has 0 fully saturated rings. The van der Waals surface area contributed by atoms with Crippen LogP contribution >= 0.6 is 0 Å². The maximum Gasteiger partial charge on any atom is 0.338 e. The second kappa shape index (κ2) is 5.28. The van der Waals surface area contributed by atoms with Gasteiger partial charge in [0.2, 0.25) is 0 Å². The number of fused-ring (bicyclic) bond motifs is 1. The minimum atomic E-state index is -1.02. The summed E-state index contributed by atoms with van der Waals surface area (Å²) >= 11 is 0. The molecular weight excluding hydrogens is 270 g/mol. The molecule has 0 spiro atoms. The van der Waals surface area contributed by atoms with E-state index in [0.717, 1.165) is 16.6 Å². The number of aromatic carboxylic acids is 1. The molecule has 1 N–H and O–H groups in total. The molecule has 5 nitrogen and oxygen atoms in total. The van der Waals surface area contributed by atoms with Crippen LogP contribution in [0, 0.1) is 6.92 Å². The summed E-state index contributed by atoms with van der Waals surface area (Å²) in [6.07, 6.45) is 1.20. The number of nitrogens with zero attached hydrogens (tertiary/aromatic N) is 1. The SMILES string of the molecule is Cc1ccc2cccc(OCc3cc(C(=O)O)co3)c2n1. The first kappa shape index (κ1) is 13.2. The second-order valence-electron chi connectivity index (χ2n) is 4.68. The van der Waals surface area contributed by atoms with Crippen LogP contribution in [-0.4, -0.2) is 16.1 Å². The van der Waals surface area contributed by atoms with Gasteiger partial charge in [-0.1, -0.05) is 18.2 Å². The van der Waals surface area contributed by atoms with Gasteiger partial charge in [0, 0.05) is 11.1 Å². The third-order valence-electron chi connectivity index (χ3n) is 3.09. The normalized spacial score (nSPS) is 10.7. The summed E-state index contributed by atoms with van der Waals surface area (Å²) in [5.74, 6) is 0.0778. The van der Waals surface area contributed by atoms with Crippen molar-refractivity contribution in [1.29, 1.82) is 0 Å². The van der Waals surface area contributed by atoms with Crippen molar-refractivity contribution in [3.05, 3.63) is 59.7 Å². The van der Waals surface area contributed by atoms with E-state index in [4.69, 9.17) is 14.3 Å². The number of aromatic nitrogens is 1. The van der Waals surface area contributed by atoms with Crippen LogP contribution in [0.25, 0.3) is 10.9 Å². The molecule has 0 atom stereocenters. The van der Waals surface area contributed by atoms with Crippen molar-refractivity contribution < 1.29 is 19.1 Å². The Morgan fingerprint density at radius 3 is 2.95 bits per heavy atom. The molecule has 0 aliphatic rings. The van der Waals surface area contributed by atoms with Gasteiger partial charge in [-0.25, -0.2) is 9.78 Å². The number of hydrogen-bond donors (Lipinski definition) is 1. The maximum absolute atomic E-state index is 10.8. The lowest BCUT2D eigenvalue weighted by molar-refractivity contribution is 0.0696. The third-order valence-corrected chi connectivity index (χ3v) is 3.09. The Hall–Kier alpha value is -2.82. The van der Waals surface area contributed by atoms with Crippen LogP contribution in [0.5, 0.6) is 5.75 Å². The topological polar surface area (TPSA) is 72.6 Å². The predicted octanol–water partition coefficient (Wildman–Crippen LogP) is 3.41. The highest BCUT2D eigenvalue weighted by Crippen LogP contribution is 2.25. The number of hydrogen-bond acceptors (Lipinski definition) is 4. The van der Waals surface area contributed by atoms with Crippen LogP contribution in [0.4, 0.5) is 0 Å². The smallest absolute Gasteiger partial charge is 0.338 e. The molecular formula is C16H13NO4. The van der Waals surface area contributed by atoms with Crippen LogP contribution in [0.15, 0.2) is 47.1 Å². The second-order valence-corrected chi connectivity index (χ2v) is 4.68. The number of furan rings is 1. The molecule has 0 saturated carbocycles. The molecule has 2 aromatic heterocycles. The van der Waals surface area contributed by atoms with Crippen LogP contribution < -0.4 is 4.74 Å². The van der Waals surface area contributed by atoms with Crippen molar-refractivity contribution in [2.75, 3.05) is 0 Å². The first-order valence-corrected chi connectivity index (χ1v) is 6.43. The Bertz CT molecular complexity index is 807. The number of carboxylic acid groups (broad SMARTS) is 1. The number of para-hydroxylation sites is 1. The number of ether oxygens (including phenoxy) is 1. The number of carboxylic acids is 1. The molecule has 5 heteroatoms. The number of benzene rings is 1. The zero-order valence-electron chi connectivity index (χ0n) is 11.4. The van der Waals surface area contributed by atoms with Crippen molar-refractivity contribution in [2.45, 2.75) is 13.5 Å². The Morgan fingerprint density at radius 1 is 1.33 bits per heavy atom. The fourth-order valence-corrected chi connectivity index (χ4v) is 2.05. The molecule has 0 aliphatic carbocycles. The van der Waals surface area contributed by atoms with E-state index in [1.54, 1.807) is 0 Å². The fourth-order valence-electron chi connectivity index (χ4n) is 2.05. The molecule has 0 saturated heterocycles. The van der Waals surface area contributed by atoms with Crippen molar-refractivity contribution >= 4 is 16.9 Å². The van der Waals surface area contributed by atoms with Crippen LogP contribution in [0.1, 0.15) is 21.8 Å². The lowest BCUT2D eigenvalue weighted by Gasteiger charge is -2.07. The van der Waals surface area contributed by atoms with E-state index in [1.807, 2.05) is 37.3 Å². The molecule has 0 aliphatic heterocycles. The number of rotatable bonds is 4. The molecule has 0 unspecified atom stereocenters. The van der Waals surface area contributed by atoms with Crippen molar-refractivity contribution in [3.8, 4) is 5.75 Å². The van der Waals surface area contributed by atoms with Gasteiger partial charge in [0.05, 0.1) is 5.56 Å². The Kier molecular flexibility index (Phi) is 3.31. The van der Waals surface area contributed by atoms with Crippen LogP contribution in [0.3, 0.4) is 0 Å². The fraction of sp³-hybridized carbons (Fsp3) is 0.125. The molecule has 2 heterocycles. The highest BCUT2D eigenvalue weighted by atomic mass is 16.5. The van der Waals surface area contributed by atoms with E-state index in [0.29, 0.717) is 11.5 Å². The molecule has 0 radical (unpaired) electrons. The summed E-state index contributed by atoms with van der Waals surface area (Å²) in [6, 6.07) is 11.1. The Morgan fingerprint density at radius 2 is 2.19 bits per heavy atom. The van der Waals surface area contributed by atoms with E-state index in [-0.39, 0.29) is 12.2 Å². The van der Waals surface area contributed by atoms with Gasteiger partial charge in [-0.05, 0) is 25.1 Å². The van der Waals surface area contributed by atoms with E-state index in [2.05, 4.69) is 4.98 Å². The highest BCUT2D eigenvalue weighted by Gasteiger charge is 2.10. The first-order valence-electron chi connectivity index (χ1n) is 6.43. The standard InChI is InChI=1S/C16H13NO4/c1-10-5-6-11-3-2-4-14(15(11)17-10)21-9-13-7-12(8-20-13)16(18)19/h2-8H,9H2,1H3,(H,18,19). The van der Waals surface area contributed by atoms with E-state index in [9.17, 15) is 4.79 Å². The number of carbonyl (C=O) groups is 1. The summed E-state index contributed by atoms with van der Waals surface area (Å²) in [5.41, 5.74) is 1.80. The zero-order valence-corrected chi connectivity index (χ0v) is 11.4. The average Bonchev–Trinajstić information content (AvgIpc) is 2.94. The molecule has 0 bridgehead atoms. The van der Waals surface area contributed by atoms with Gasteiger partial charge in [-0.3, -0.25) is 0 Å². The lowest BCUT2D eigenvalue weighted by Crippen LogP contribution is -1.97. The van der Waals surface area contributed by atoms with Gasteiger partial charge in [0.15, 0.2) is 0 Å². The summed E-state index contributed by atoms with van der Waals surface area (Å²) in [6.45, 7) is 2.07. The van der Waals surface area contributed by atoms with Gasteiger partial charge in [0.1, 0.15) is 29.9 Å². The Balaban J connectivity index is 1.84. The average molecular weight is 283 g/mol. The maximum atomic E-state index is 10.8. The van der Waals surface area contributed by atoms with E-state index >= 15 is 0 Å². The molecule has 1 aromatic carbocycles. The van der Waals surface area contributed by atoms with Crippen LogP contribution in [-0.2, 0) is 6.61 Å². The molecule has 106 valence electrons. The van der Waals surface area contributed by atoms with Crippen LogP contribution in [0.2, 0.25) is 0 Å². The first-order chi connectivity index (χ1) is 10.1. The van der Waals surface area contributed by atoms with Gasteiger partial charge in [-0.15, -0.1) is 0 Å². The third kappa shape index (κ3) is 2.72. The van der Waals surface area contributed by atoms with Gasteiger partial charge < -0.3 is 14.3 Å². The van der Waals surface area contributed by atoms with Gasteiger partial charge in [-0.2, -0.15) is 0 Å². The summed E-state index contributed by atoms with van der Waals surface area (Å²) in [5, 5.41) is 9.83. The van der Waals surface area contributed by atoms with E-state index < -0.39 is 5.97 Å². The Labute approximate surface area is 120 Å². The lowest BCUT2D eigenvalue weighted by atomic mass is 10.2. The summed E-state index contributed by atoms with van der Waals surface area (Å²) < 4.78 is 10.9. The summed E-state index contributed by atoms with van der Waals surface area (Å²) in [4.78, 5) is 15.3. The predicted molar refractivity (Wildman–Crippen MR) is 76.5 cm³/mol. The molecule has 0 amide bonds. The van der Waals surface area contributed by atoms with Gasteiger partial charge in [0.25, 0.3) is 0 Å². The minimum Gasteiger partial charge on any atom is -0.483 e. The monoisotopic (exact) mass is 283 g/mol. The zero-order chi connectivity index (χ0) is 14.8. The minimum absolute atomic E-state index is 0.112. The number of pyridine rings is 1. The van der Waals surface area contributed by atoms with Crippen molar-refractivity contribution in [2.24, 2.45) is 0 Å². The largest absolute Gasteiger partial charge is 0.483 e. The molecule has 21 heavy (non-hydrogen) atoms. The van der Waals surface area contributed by atoms with Crippen molar-refractivity contribution in [3.63, 3.8) is 0 Å². The molecule has 3 aromatic rings.